The minimum atomic E-state index is -0.452. The fourth-order valence-electron chi connectivity index (χ4n) is 1.07. The molecule has 0 aliphatic heterocycles. The summed E-state index contributed by atoms with van der Waals surface area (Å²) in [4.78, 5) is 14.5. The van der Waals surface area contributed by atoms with Crippen molar-refractivity contribution in [3.8, 4) is 0 Å². The van der Waals surface area contributed by atoms with Crippen molar-refractivity contribution in [1.29, 1.82) is 0 Å². The number of hydrogen-bond donors (Lipinski definition) is 1. The maximum Gasteiger partial charge on any atom is 0.275 e. The van der Waals surface area contributed by atoms with Gasteiger partial charge in [0.1, 0.15) is 16.4 Å². The summed E-state index contributed by atoms with van der Waals surface area (Å²) in [5, 5.41) is 21.6. The van der Waals surface area contributed by atoms with Crippen molar-refractivity contribution in [2.75, 3.05) is 12.4 Å². The molecule has 0 aliphatic rings. The summed E-state index contributed by atoms with van der Waals surface area (Å²) in [6, 6.07) is 2.79. The zero-order chi connectivity index (χ0) is 12.3. The molecule has 0 atom stereocenters. The molecule has 0 saturated heterocycles. The van der Waals surface area contributed by atoms with Crippen LogP contribution in [0.4, 0.5) is 11.5 Å². The van der Waals surface area contributed by atoms with E-state index in [0.717, 1.165) is 0 Å². The Morgan fingerprint density at radius 2 is 2.35 bits per heavy atom. The highest BCUT2D eigenvalue weighted by molar-refractivity contribution is 8.00. The predicted octanol–water partition coefficient (Wildman–Crippen LogP) is 2.03. The van der Waals surface area contributed by atoms with Crippen LogP contribution in [0, 0.1) is 10.1 Å². The van der Waals surface area contributed by atoms with Gasteiger partial charge in [-0.1, -0.05) is 11.3 Å². The van der Waals surface area contributed by atoms with Crippen LogP contribution in [0.15, 0.2) is 27.0 Å². The lowest BCUT2D eigenvalue weighted by atomic mass is 10.4. The third-order valence-corrected chi connectivity index (χ3v) is 3.48. The summed E-state index contributed by atoms with van der Waals surface area (Å²) in [5.41, 5.74) is 1.59. The number of nitrogens with zero attached hydrogens (tertiary/aromatic N) is 4. The first-order chi connectivity index (χ1) is 8.19. The minimum Gasteiger partial charge on any atom is -0.373 e. The lowest BCUT2D eigenvalue weighted by molar-refractivity contribution is -0.385. The van der Waals surface area contributed by atoms with Crippen LogP contribution in [0.5, 0.6) is 0 Å². The molecule has 0 amide bonds. The first-order valence-corrected chi connectivity index (χ1v) is 6.17. The first kappa shape index (κ1) is 11.7. The Morgan fingerprint density at radius 1 is 1.53 bits per heavy atom. The number of nitrogens with one attached hydrogen (secondary N) is 1. The number of rotatable bonds is 4. The molecule has 88 valence electrons. The number of nitro groups is 1. The molecule has 0 spiro atoms. The average molecular weight is 269 g/mol. The molecular formula is C8H7N5O2S2. The molecule has 2 aromatic rings. The van der Waals surface area contributed by atoms with E-state index in [2.05, 4.69) is 20.5 Å². The van der Waals surface area contributed by atoms with E-state index in [4.69, 9.17) is 0 Å². The Balaban J connectivity index is 2.33. The molecule has 0 unspecified atom stereocenters. The van der Waals surface area contributed by atoms with Gasteiger partial charge >= 0.3 is 0 Å². The lowest BCUT2D eigenvalue weighted by Crippen LogP contribution is -1.96. The third-order valence-electron chi connectivity index (χ3n) is 1.79. The SMILES string of the molecule is CNc1cc([N+](=O)[O-])cc(Sc2nncs2)n1. The van der Waals surface area contributed by atoms with Crippen molar-refractivity contribution < 1.29 is 4.92 Å². The van der Waals surface area contributed by atoms with Gasteiger partial charge in [-0.25, -0.2) is 4.98 Å². The summed E-state index contributed by atoms with van der Waals surface area (Å²) >= 11 is 2.60. The zero-order valence-electron chi connectivity index (χ0n) is 8.65. The van der Waals surface area contributed by atoms with Crippen LogP contribution in [0.1, 0.15) is 0 Å². The fraction of sp³-hybridized carbons (Fsp3) is 0.125. The molecule has 9 heteroatoms. The Bertz CT molecular complexity index is 531. The van der Waals surface area contributed by atoms with E-state index in [0.29, 0.717) is 15.2 Å². The fourth-order valence-corrected chi connectivity index (χ4v) is 2.52. The van der Waals surface area contributed by atoms with Gasteiger partial charge in [-0.2, -0.15) is 0 Å². The average Bonchev–Trinajstić information content (AvgIpc) is 2.81. The summed E-state index contributed by atoms with van der Waals surface area (Å²) in [6.45, 7) is 0. The maximum absolute atomic E-state index is 10.7. The number of aromatic nitrogens is 3. The van der Waals surface area contributed by atoms with Crippen molar-refractivity contribution in [3.63, 3.8) is 0 Å². The maximum atomic E-state index is 10.7. The zero-order valence-corrected chi connectivity index (χ0v) is 10.3. The molecule has 0 radical (unpaired) electrons. The number of hydrogen-bond acceptors (Lipinski definition) is 8. The van der Waals surface area contributed by atoms with Crippen molar-refractivity contribution in [2.24, 2.45) is 0 Å². The van der Waals surface area contributed by atoms with Crippen LogP contribution >= 0.6 is 23.1 Å². The minimum absolute atomic E-state index is 0.00337. The molecule has 0 fully saturated rings. The Morgan fingerprint density at radius 3 is 2.94 bits per heavy atom. The van der Waals surface area contributed by atoms with Gasteiger partial charge in [-0.15, -0.1) is 10.2 Å². The van der Waals surface area contributed by atoms with Gasteiger partial charge in [0.05, 0.1) is 11.0 Å². The molecule has 0 saturated carbocycles. The first-order valence-electron chi connectivity index (χ1n) is 4.47. The Labute approximate surface area is 104 Å². The summed E-state index contributed by atoms with van der Waals surface area (Å²) < 4.78 is 0.694. The molecule has 0 bridgehead atoms. The highest BCUT2D eigenvalue weighted by Crippen LogP contribution is 2.30. The molecule has 0 aromatic carbocycles. The molecule has 7 nitrogen and oxygen atoms in total. The lowest BCUT2D eigenvalue weighted by Gasteiger charge is -2.02. The number of anilines is 1. The summed E-state index contributed by atoms with van der Waals surface area (Å²) in [7, 11) is 1.66. The van der Waals surface area contributed by atoms with E-state index in [1.807, 2.05) is 0 Å². The van der Waals surface area contributed by atoms with E-state index in [1.165, 1.54) is 35.2 Å². The van der Waals surface area contributed by atoms with Gasteiger partial charge in [0.25, 0.3) is 5.69 Å². The third kappa shape index (κ3) is 2.88. The molecule has 2 heterocycles. The predicted molar refractivity (Wildman–Crippen MR) is 64.5 cm³/mol. The van der Waals surface area contributed by atoms with Crippen LogP contribution in [-0.4, -0.2) is 27.2 Å². The van der Waals surface area contributed by atoms with Gasteiger partial charge < -0.3 is 5.32 Å². The molecule has 17 heavy (non-hydrogen) atoms. The molecule has 0 aliphatic carbocycles. The van der Waals surface area contributed by atoms with E-state index in [9.17, 15) is 10.1 Å². The standard InChI is InChI=1S/C8H7N5O2S2/c1-9-6-2-5(13(14)15)3-7(11-6)17-8-12-10-4-16-8/h2-4H,1H3,(H,9,11). The monoisotopic (exact) mass is 269 g/mol. The van der Waals surface area contributed by atoms with Crippen LogP contribution in [0.25, 0.3) is 0 Å². The highest BCUT2D eigenvalue weighted by Gasteiger charge is 2.12. The van der Waals surface area contributed by atoms with E-state index < -0.39 is 4.92 Å². The van der Waals surface area contributed by atoms with Gasteiger partial charge in [0.15, 0.2) is 4.34 Å². The van der Waals surface area contributed by atoms with E-state index in [1.54, 1.807) is 12.6 Å². The van der Waals surface area contributed by atoms with Crippen molar-refractivity contribution in [1.82, 2.24) is 15.2 Å². The second kappa shape index (κ2) is 5.06. The van der Waals surface area contributed by atoms with Crippen LogP contribution in [-0.2, 0) is 0 Å². The normalized spacial score (nSPS) is 10.2. The van der Waals surface area contributed by atoms with Crippen molar-refractivity contribution in [3.05, 3.63) is 27.8 Å². The molecule has 2 rings (SSSR count). The van der Waals surface area contributed by atoms with Gasteiger partial charge in [-0.3, -0.25) is 10.1 Å². The summed E-state index contributed by atoms with van der Waals surface area (Å²) in [6.07, 6.45) is 0. The summed E-state index contributed by atoms with van der Waals surface area (Å²) in [5.74, 6) is 0.450. The van der Waals surface area contributed by atoms with Crippen molar-refractivity contribution >= 4 is 34.6 Å². The van der Waals surface area contributed by atoms with Crippen LogP contribution in [0.2, 0.25) is 0 Å². The van der Waals surface area contributed by atoms with Crippen molar-refractivity contribution in [2.45, 2.75) is 9.37 Å². The smallest absolute Gasteiger partial charge is 0.275 e. The quantitative estimate of drug-likeness (QED) is 0.670. The van der Waals surface area contributed by atoms with Crippen LogP contribution in [0.3, 0.4) is 0 Å². The van der Waals surface area contributed by atoms with Gasteiger partial charge in [0.2, 0.25) is 0 Å². The Kier molecular flexibility index (Phi) is 3.49. The molecule has 1 N–H and O–H groups in total. The molecular weight excluding hydrogens is 262 g/mol. The topological polar surface area (TPSA) is 93.8 Å². The van der Waals surface area contributed by atoms with E-state index >= 15 is 0 Å². The second-order valence-electron chi connectivity index (χ2n) is 2.86. The Hall–Kier alpha value is -1.74. The largest absolute Gasteiger partial charge is 0.373 e. The second-order valence-corrected chi connectivity index (χ2v) is 4.96. The molecule has 2 aromatic heterocycles. The van der Waals surface area contributed by atoms with E-state index in [-0.39, 0.29) is 5.69 Å². The van der Waals surface area contributed by atoms with Gasteiger partial charge in [0, 0.05) is 13.1 Å². The number of pyridine rings is 1. The van der Waals surface area contributed by atoms with Gasteiger partial charge in [-0.05, 0) is 11.8 Å². The van der Waals surface area contributed by atoms with Crippen LogP contribution < -0.4 is 5.32 Å². The highest BCUT2D eigenvalue weighted by atomic mass is 32.2.